The van der Waals surface area contributed by atoms with E-state index in [0.717, 1.165) is 5.56 Å². The van der Waals surface area contributed by atoms with Gasteiger partial charge in [-0.25, -0.2) is 0 Å². The molecule has 0 unspecified atom stereocenters. The molecule has 2 rings (SSSR count). The molecule has 6 heteroatoms. The Bertz CT molecular complexity index is 429. The first-order valence-electron chi connectivity index (χ1n) is 5.10. The Labute approximate surface area is 110 Å². The Morgan fingerprint density at radius 3 is 2.47 bits per heavy atom. The van der Waals surface area contributed by atoms with Crippen molar-refractivity contribution >= 4 is 27.5 Å². The molecule has 0 bridgehead atoms. The number of rotatable bonds is 3. The molecule has 0 aliphatic heterocycles. The highest BCUT2D eigenvalue weighted by Gasteiger charge is 2.62. The van der Waals surface area contributed by atoms with E-state index in [1.165, 1.54) is 0 Å². The minimum Gasteiger partial charge on any atom is -0.299 e. The molecule has 1 N–H and O–H groups in total. The molecule has 1 aliphatic carbocycles. The van der Waals surface area contributed by atoms with Gasteiger partial charge in [0.1, 0.15) is 5.54 Å². The van der Waals surface area contributed by atoms with Crippen LogP contribution in [0, 0.1) is 0 Å². The number of hydrogen-bond acceptors (Lipinski definition) is 1. The largest absolute Gasteiger partial charge is 0.406 e. The number of hydrogen-bond donors (Lipinski definition) is 1. The zero-order valence-corrected chi connectivity index (χ0v) is 11.1. The lowest BCUT2D eigenvalue weighted by Gasteiger charge is -2.20. The quantitative estimate of drug-likeness (QED) is 0.873. The van der Waals surface area contributed by atoms with Gasteiger partial charge in [-0.3, -0.25) is 5.32 Å². The second-order valence-corrected chi connectivity index (χ2v) is 5.44. The van der Waals surface area contributed by atoms with Gasteiger partial charge in [-0.15, -0.1) is 0 Å². The molecule has 0 saturated heterocycles. The first kappa shape index (κ1) is 13.2. The molecule has 1 nitrogen and oxygen atoms in total. The van der Waals surface area contributed by atoms with Gasteiger partial charge in [0.15, 0.2) is 0 Å². The van der Waals surface area contributed by atoms with Gasteiger partial charge >= 0.3 is 6.18 Å². The second kappa shape index (κ2) is 4.44. The average Bonchev–Trinajstić information content (AvgIpc) is 3.00. The van der Waals surface area contributed by atoms with Crippen molar-refractivity contribution in [3.8, 4) is 0 Å². The summed E-state index contributed by atoms with van der Waals surface area (Å²) in [6.07, 6.45) is -3.85. The average molecular weight is 329 g/mol. The van der Waals surface area contributed by atoms with Crippen molar-refractivity contribution in [3.63, 3.8) is 0 Å². The van der Waals surface area contributed by atoms with E-state index in [2.05, 4.69) is 21.2 Å². The first-order valence-corrected chi connectivity index (χ1v) is 6.27. The zero-order chi connectivity index (χ0) is 12.7. The van der Waals surface area contributed by atoms with Crippen molar-refractivity contribution < 1.29 is 13.2 Å². The van der Waals surface area contributed by atoms with Crippen LogP contribution in [0.5, 0.6) is 0 Å². The molecular formula is C11H10BrClF3N. The third-order valence-electron chi connectivity index (χ3n) is 2.91. The van der Waals surface area contributed by atoms with Crippen LogP contribution < -0.4 is 5.32 Å². The molecule has 94 valence electrons. The van der Waals surface area contributed by atoms with Crippen molar-refractivity contribution in [1.82, 2.24) is 5.32 Å². The molecule has 1 aliphatic rings. The first-order chi connectivity index (χ1) is 7.84. The van der Waals surface area contributed by atoms with Crippen LogP contribution in [0.15, 0.2) is 22.7 Å². The number of benzene rings is 1. The molecule has 0 spiro atoms. The Balaban J connectivity index is 2.01. The lowest BCUT2D eigenvalue weighted by molar-refractivity contribution is -0.166. The highest BCUT2D eigenvalue weighted by Crippen LogP contribution is 2.49. The summed E-state index contributed by atoms with van der Waals surface area (Å²) in [5.41, 5.74) is -0.893. The van der Waals surface area contributed by atoms with E-state index in [-0.39, 0.29) is 19.4 Å². The Hall–Kier alpha value is -0.260. The molecular weight excluding hydrogens is 318 g/mol. The van der Waals surface area contributed by atoms with E-state index in [1.54, 1.807) is 18.2 Å². The van der Waals surface area contributed by atoms with Crippen LogP contribution >= 0.6 is 27.5 Å². The summed E-state index contributed by atoms with van der Waals surface area (Å²) in [6, 6.07) is 5.10. The number of halogens is 5. The minimum absolute atomic E-state index is 0.158. The SMILES string of the molecule is FC(F)(F)C1(NCc2ccc(Cl)c(Br)c2)CC1. The normalized spacial score (nSPS) is 18.2. The van der Waals surface area contributed by atoms with Gasteiger partial charge in [-0.1, -0.05) is 17.7 Å². The fourth-order valence-electron chi connectivity index (χ4n) is 1.61. The molecule has 0 radical (unpaired) electrons. The smallest absolute Gasteiger partial charge is 0.299 e. The van der Waals surface area contributed by atoms with E-state index >= 15 is 0 Å². The summed E-state index contributed by atoms with van der Waals surface area (Å²) in [4.78, 5) is 0. The van der Waals surface area contributed by atoms with E-state index in [9.17, 15) is 13.2 Å². The fourth-order valence-corrected chi connectivity index (χ4v) is 2.15. The molecule has 17 heavy (non-hydrogen) atoms. The van der Waals surface area contributed by atoms with Gasteiger partial charge in [0.05, 0.1) is 5.02 Å². The summed E-state index contributed by atoms with van der Waals surface area (Å²) in [6.45, 7) is 0.190. The van der Waals surface area contributed by atoms with Crippen LogP contribution in [0.25, 0.3) is 0 Å². The molecule has 1 aromatic carbocycles. The van der Waals surface area contributed by atoms with Crippen LogP contribution in [0.2, 0.25) is 5.02 Å². The van der Waals surface area contributed by atoms with E-state index in [4.69, 9.17) is 11.6 Å². The third kappa shape index (κ3) is 2.77. The highest BCUT2D eigenvalue weighted by atomic mass is 79.9. The lowest BCUT2D eigenvalue weighted by atomic mass is 10.2. The van der Waals surface area contributed by atoms with Crippen LogP contribution in [0.1, 0.15) is 18.4 Å². The molecule has 0 aromatic heterocycles. The predicted octanol–water partition coefficient (Wildman–Crippen LogP) is 4.29. The number of nitrogens with one attached hydrogen (secondary N) is 1. The van der Waals surface area contributed by atoms with E-state index < -0.39 is 11.7 Å². The maximum absolute atomic E-state index is 12.6. The summed E-state index contributed by atoms with van der Waals surface area (Å²) >= 11 is 9.05. The topological polar surface area (TPSA) is 12.0 Å². The Kier molecular flexibility index (Phi) is 3.45. The van der Waals surface area contributed by atoms with E-state index in [0.29, 0.717) is 9.50 Å². The van der Waals surface area contributed by atoms with E-state index in [1.807, 2.05) is 0 Å². The van der Waals surface area contributed by atoms with Crippen molar-refractivity contribution in [2.24, 2.45) is 0 Å². The Morgan fingerprint density at radius 2 is 2.00 bits per heavy atom. The predicted molar refractivity (Wildman–Crippen MR) is 64.0 cm³/mol. The molecule has 0 amide bonds. The van der Waals surface area contributed by atoms with Gasteiger partial charge in [0.25, 0.3) is 0 Å². The van der Waals surface area contributed by atoms with Crippen molar-refractivity contribution in [3.05, 3.63) is 33.3 Å². The summed E-state index contributed by atoms with van der Waals surface area (Å²) in [5, 5.41) is 3.13. The number of alkyl halides is 3. The lowest BCUT2D eigenvalue weighted by Crippen LogP contribution is -2.44. The van der Waals surface area contributed by atoms with Crippen LogP contribution in [-0.4, -0.2) is 11.7 Å². The Morgan fingerprint density at radius 1 is 1.35 bits per heavy atom. The highest BCUT2D eigenvalue weighted by molar-refractivity contribution is 9.10. The van der Waals surface area contributed by atoms with Crippen LogP contribution in [-0.2, 0) is 6.54 Å². The molecule has 0 atom stereocenters. The maximum atomic E-state index is 12.6. The van der Waals surface area contributed by atoms with Gasteiger partial charge in [-0.05, 0) is 46.5 Å². The van der Waals surface area contributed by atoms with Crippen molar-refractivity contribution in [2.45, 2.75) is 31.1 Å². The van der Waals surface area contributed by atoms with Crippen LogP contribution in [0.4, 0.5) is 13.2 Å². The van der Waals surface area contributed by atoms with Crippen molar-refractivity contribution in [2.75, 3.05) is 0 Å². The molecule has 1 aromatic rings. The van der Waals surface area contributed by atoms with Crippen molar-refractivity contribution in [1.29, 1.82) is 0 Å². The molecule has 1 saturated carbocycles. The zero-order valence-electron chi connectivity index (χ0n) is 8.74. The second-order valence-electron chi connectivity index (χ2n) is 4.18. The van der Waals surface area contributed by atoms with Gasteiger partial charge in [0, 0.05) is 11.0 Å². The standard InChI is InChI=1S/C11H10BrClF3N/c12-8-5-7(1-2-9(8)13)6-17-10(3-4-10)11(14,15)16/h1-2,5,17H,3-4,6H2. The molecule has 0 heterocycles. The summed E-state index contributed by atoms with van der Waals surface area (Å²) < 4.78 is 38.6. The van der Waals surface area contributed by atoms with Gasteiger partial charge < -0.3 is 0 Å². The summed E-state index contributed by atoms with van der Waals surface area (Å²) in [7, 11) is 0. The molecule has 1 fully saturated rings. The van der Waals surface area contributed by atoms with Crippen LogP contribution in [0.3, 0.4) is 0 Å². The maximum Gasteiger partial charge on any atom is 0.406 e. The summed E-state index contributed by atoms with van der Waals surface area (Å²) in [5.74, 6) is 0. The fraction of sp³-hybridized carbons (Fsp3) is 0.455. The third-order valence-corrected chi connectivity index (χ3v) is 4.12. The van der Waals surface area contributed by atoms with Gasteiger partial charge in [0.2, 0.25) is 0 Å². The minimum atomic E-state index is -4.17. The van der Waals surface area contributed by atoms with Gasteiger partial charge in [-0.2, -0.15) is 13.2 Å². The monoisotopic (exact) mass is 327 g/mol.